The minimum atomic E-state index is -0.893. The predicted octanol–water partition coefficient (Wildman–Crippen LogP) is 1.41. The van der Waals surface area contributed by atoms with Gasteiger partial charge in [0.05, 0.1) is 0 Å². The zero-order chi connectivity index (χ0) is 12.3. The third-order valence-corrected chi connectivity index (χ3v) is 3.07. The molecule has 90 valence electrons. The smallest absolute Gasteiger partial charge is 0.256 e. The first-order chi connectivity index (χ1) is 8.20. The molecule has 0 unspecified atom stereocenters. The Balaban J connectivity index is 2.14. The van der Waals surface area contributed by atoms with Crippen LogP contribution in [0, 0.1) is 0 Å². The van der Waals surface area contributed by atoms with E-state index in [4.69, 9.17) is 10.3 Å². The van der Waals surface area contributed by atoms with Crippen molar-refractivity contribution < 1.29 is 9.63 Å². The molecule has 2 aromatic rings. The van der Waals surface area contributed by atoms with Gasteiger partial charge in [0.1, 0.15) is 6.10 Å². The summed E-state index contributed by atoms with van der Waals surface area (Å²) in [6, 6.07) is 7.80. The van der Waals surface area contributed by atoms with E-state index < -0.39 is 6.10 Å². The fraction of sp³-hybridized carbons (Fsp3) is 0.273. The maximum atomic E-state index is 9.43. The minimum Gasteiger partial charge on any atom is -0.382 e. The van der Waals surface area contributed by atoms with E-state index in [1.54, 1.807) is 0 Å². The summed E-state index contributed by atoms with van der Waals surface area (Å²) in [7, 11) is 0. The zero-order valence-electron chi connectivity index (χ0n) is 9.01. The molecular formula is C11H12BrN3O2. The van der Waals surface area contributed by atoms with Crippen LogP contribution >= 0.6 is 15.9 Å². The van der Waals surface area contributed by atoms with Gasteiger partial charge in [-0.2, -0.15) is 4.98 Å². The third-order valence-electron chi connectivity index (χ3n) is 2.30. The van der Waals surface area contributed by atoms with E-state index in [0.29, 0.717) is 12.2 Å². The van der Waals surface area contributed by atoms with Gasteiger partial charge >= 0.3 is 0 Å². The molecule has 17 heavy (non-hydrogen) atoms. The number of aliphatic hydroxyl groups is 1. The molecule has 1 atom stereocenters. The SMILES string of the molecule is NC[C@H](O)c1nc(Cc2ccccc2Br)no1. The largest absolute Gasteiger partial charge is 0.382 e. The van der Waals surface area contributed by atoms with Crippen molar-refractivity contribution in [3.05, 3.63) is 46.0 Å². The number of nitrogens with two attached hydrogens (primary N) is 1. The van der Waals surface area contributed by atoms with E-state index in [1.165, 1.54) is 0 Å². The van der Waals surface area contributed by atoms with Gasteiger partial charge in [-0.15, -0.1) is 0 Å². The van der Waals surface area contributed by atoms with Crippen LogP contribution in [0.4, 0.5) is 0 Å². The first-order valence-electron chi connectivity index (χ1n) is 5.14. The minimum absolute atomic E-state index is 0.0661. The number of rotatable bonds is 4. The maximum Gasteiger partial charge on any atom is 0.256 e. The summed E-state index contributed by atoms with van der Waals surface area (Å²) in [6.07, 6.45) is -0.349. The summed E-state index contributed by atoms with van der Waals surface area (Å²) in [5, 5.41) is 13.2. The second-order valence-electron chi connectivity index (χ2n) is 3.57. The van der Waals surface area contributed by atoms with Crippen LogP contribution in [-0.2, 0) is 6.42 Å². The quantitative estimate of drug-likeness (QED) is 0.891. The molecule has 0 spiro atoms. The summed E-state index contributed by atoms with van der Waals surface area (Å²) >= 11 is 3.45. The standard InChI is InChI=1S/C11H12BrN3O2/c12-8-4-2-1-3-7(8)5-10-14-11(17-15-10)9(16)6-13/h1-4,9,16H,5-6,13H2/t9-/m0/s1. The Labute approximate surface area is 107 Å². The zero-order valence-corrected chi connectivity index (χ0v) is 10.6. The van der Waals surface area contributed by atoms with E-state index in [0.717, 1.165) is 10.0 Å². The van der Waals surface area contributed by atoms with E-state index in [9.17, 15) is 5.11 Å². The van der Waals surface area contributed by atoms with Gasteiger partial charge < -0.3 is 15.4 Å². The fourth-order valence-corrected chi connectivity index (χ4v) is 1.81. The van der Waals surface area contributed by atoms with Gasteiger partial charge in [-0.1, -0.05) is 39.3 Å². The first-order valence-corrected chi connectivity index (χ1v) is 5.94. The molecule has 0 aliphatic rings. The molecule has 0 amide bonds. The van der Waals surface area contributed by atoms with Gasteiger partial charge in [-0.05, 0) is 11.6 Å². The van der Waals surface area contributed by atoms with Crippen LogP contribution in [0.15, 0.2) is 33.3 Å². The lowest BCUT2D eigenvalue weighted by molar-refractivity contribution is 0.141. The van der Waals surface area contributed by atoms with Gasteiger partial charge in [0.2, 0.25) is 0 Å². The molecule has 1 aromatic carbocycles. The van der Waals surface area contributed by atoms with Gasteiger partial charge in [0.25, 0.3) is 5.89 Å². The fourth-order valence-electron chi connectivity index (χ4n) is 1.39. The highest BCUT2D eigenvalue weighted by molar-refractivity contribution is 9.10. The maximum absolute atomic E-state index is 9.43. The summed E-state index contributed by atoms with van der Waals surface area (Å²) < 4.78 is 5.91. The Morgan fingerprint density at radius 2 is 2.18 bits per heavy atom. The average Bonchev–Trinajstić information content (AvgIpc) is 2.80. The number of hydrogen-bond acceptors (Lipinski definition) is 5. The Kier molecular flexibility index (Phi) is 3.88. The Bertz CT molecular complexity index is 501. The topological polar surface area (TPSA) is 85.2 Å². The molecule has 3 N–H and O–H groups in total. The molecule has 6 heteroatoms. The molecular weight excluding hydrogens is 286 g/mol. The van der Waals surface area contributed by atoms with Crippen LogP contribution in [0.1, 0.15) is 23.4 Å². The second-order valence-corrected chi connectivity index (χ2v) is 4.42. The number of aliphatic hydroxyl groups excluding tert-OH is 1. The second kappa shape index (κ2) is 5.39. The van der Waals surface area contributed by atoms with Gasteiger partial charge in [0, 0.05) is 17.4 Å². The highest BCUT2D eigenvalue weighted by atomic mass is 79.9. The Morgan fingerprint density at radius 3 is 2.88 bits per heavy atom. The van der Waals surface area contributed by atoms with E-state index >= 15 is 0 Å². The predicted molar refractivity (Wildman–Crippen MR) is 65.3 cm³/mol. The van der Waals surface area contributed by atoms with E-state index in [2.05, 4.69) is 26.1 Å². The molecule has 0 saturated heterocycles. The monoisotopic (exact) mass is 297 g/mol. The van der Waals surface area contributed by atoms with E-state index in [-0.39, 0.29) is 12.4 Å². The van der Waals surface area contributed by atoms with Gasteiger partial charge in [-0.25, -0.2) is 0 Å². The molecule has 0 aliphatic carbocycles. The van der Waals surface area contributed by atoms with Crippen molar-refractivity contribution in [2.75, 3.05) is 6.54 Å². The first kappa shape index (κ1) is 12.2. The van der Waals surface area contributed by atoms with Gasteiger partial charge in [-0.3, -0.25) is 0 Å². The number of benzene rings is 1. The normalized spacial score (nSPS) is 12.6. The number of nitrogens with zero attached hydrogens (tertiary/aromatic N) is 2. The van der Waals surface area contributed by atoms with Crippen molar-refractivity contribution in [1.82, 2.24) is 10.1 Å². The summed E-state index contributed by atoms with van der Waals surface area (Å²) in [5.74, 6) is 0.689. The van der Waals surface area contributed by atoms with Crippen LogP contribution in [0.25, 0.3) is 0 Å². The molecule has 1 heterocycles. The highest BCUT2D eigenvalue weighted by Gasteiger charge is 2.14. The number of hydrogen-bond donors (Lipinski definition) is 2. The average molecular weight is 298 g/mol. The third kappa shape index (κ3) is 2.91. The molecule has 1 aromatic heterocycles. The van der Waals surface area contributed by atoms with Crippen molar-refractivity contribution in [2.24, 2.45) is 5.73 Å². The molecule has 0 saturated carbocycles. The molecule has 0 aliphatic heterocycles. The number of aromatic nitrogens is 2. The Hall–Kier alpha value is -1.24. The molecule has 2 rings (SSSR count). The van der Waals surface area contributed by atoms with E-state index in [1.807, 2.05) is 24.3 Å². The molecule has 0 radical (unpaired) electrons. The van der Waals surface area contributed by atoms with Crippen LogP contribution in [0.5, 0.6) is 0 Å². The van der Waals surface area contributed by atoms with Crippen LogP contribution < -0.4 is 5.73 Å². The molecule has 0 bridgehead atoms. The van der Waals surface area contributed by atoms with Crippen molar-refractivity contribution >= 4 is 15.9 Å². The summed E-state index contributed by atoms with van der Waals surface area (Å²) in [4.78, 5) is 4.09. The Morgan fingerprint density at radius 1 is 1.41 bits per heavy atom. The van der Waals surface area contributed by atoms with Crippen LogP contribution in [0.3, 0.4) is 0 Å². The summed E-state index contributed by atoms with van der Waals surface area (Å²) in [5.41, 5.74) is 6.36. The highest BCUT2D eigenvalue weighted by Crippen LogP contribution is 2.19. The van der Waals surface area contributed by atoms with Crippen molar-refractivity contribution in [3.8, 4) is 0 Å². The van der Waals surface area contributed by atoms with Crippen molar-refractivity contribution in [3.63, 3.8) is 0 Å². The lowest BCUT2D eigenvalue weighted by Gasteiger charge is -2.00. The van der Waals surface area contributed by atoms with Crippen LogP contribution in [-0.4, -0.2) is 21.8 Å². The van der Waals surface area contributed by atoms with Gasteiger partial charge in [0.15, 0.2) is 5.82 Å². The van der Waals surface area contributed by atoms with Crippen LogP contribution in [0.2, 0.25) is 0 Å². The van der Waals surface area contributed by atoms with Crippen molar-refractivity contribution in [2.45, 2.75) is 12.5 Å². The van der Waals surface area contributed by atoms with Crippen molar-refractivity contribution in [1.29, 1.82) is 0 Å². The lowest BCUT2D eigenvalue weighted by atomic mass is 10.1. The lowest BCUT2D eigenvalue weighted by Crippen LogP contribution is -2.11. The molecule has 5 nitrogen and oxygen atoms in total. The number of halogens is 1. The molecule has 0 fully saturated rings. The summed E-state index contributed by atoms with van der Waals surface area (Å²) in [6.45, 7) is 0.0661.